The molecule has 3 rings (SSSR count). The third-order valence-corrected chi connectivity index (χ3v) is 6.27. The van der Waals surface area contributed by atoms with Gasteiger partial charge >= 0.3 is 0 Å². The minimum atomic E-state index is 0.0398. The van der Waals surface area contributed by atoms with Gasteiger partial charge in [0.25, 0.3) is 0 Å². The molecular formula is C28H34N2O2. The summed E-state index contributed by atoms with van der Waals surface area (Å²) in [5.41, 5.74) is 7.57. The van der Waals surface area contributed by atoms with Crippen LogP contribution in [0.3, 0.4) is 0 Å². The lowest BCUT2D eigenvalue weighted by Gasteiger charge is -2.13. The second-order valence-corrected chi connectivity index (χ2v) is 8.52. The summed E-state index contributed by atoms with van der Waals surface area (Å²) in [6, 6.07) is 8.43. The first kappa shape index (κ1) is 23.6. The molecule has 0 amide bonds. The molecule has 32 heavy (non-hydrogen) atoms. The molecule has 0 aliphatic carbocycles. The Morgan fingerprint density at radius 1 is 1.19 bits per heavy atom. The molecule has 0 spiro atoms. The molecular weight excluding hydrogens is 396 g/mol. The standard InChI is InChI=1S/C28H34N2O2/c1-7-23(14-12-18(2)19(3)17-31)16-30-26-11-9-8-10-25(26)27-21(5)24(15-13-20(4)32)22(6)29-28(27)30/h7-12,14,19,31-32H,2,4,13,15-17H2,1,3,5-6H3/b14-12-,23-7+. The SMILES string of the molecule is C=C(O)CCc1c(C)nc2c(c1C)c1ccccc1n2CC(/C=C\C(=C)C(C)CO)=C/C. The second kappa shape index (κ2) is 10.0. The average molecular weight is 431 g/mol. The van der Waals surface area contributed by atoms with Gasteiger partial charge in [0.2, 0.25) is 0 Å². The number of fused-ring (bicyclic) bond motifs is 3. The molecule has 0 aliphatic rings. The molecule has 0 saturated carbocycles. The number of aliphatic hydroxyl groups excluding tert-OH is 2. The number of aromatic nitrogens is 2. The van der Waals surface area contributed by atoms with Crippen molar-refractivity contribution in [3.05, 3.63) is 89.4 Å². The van der Waals surface area contributed by atoms with Crippen molar-refractivity contribution in [3.63, 3.8) is 0 Å². The van der Waals surface area contributed by atoms with E-state index in [4.69, 9.17) is 4.98 Å². The van der Waals surface area contributed by atoms with Crippen molar-refractivity contribution < 1.29 is 10.2 Å². The van der Waals surface area contributed by atoms with Gasteiger partial charge in [-0.2, -0.15) is 0 Å². The Bertz CT molecular complexity index is 1230. The summed E-state index contributed by atoms with van der Waals surface area (Å²) in [4.78, 5) is 5.03. The van der Waals surface area contributed by atoms with Crippen LogP contribution in [0.15, 0.2) is 72.6 Å². The van der Waals surface area contributed by atoms with Crippen LogP contribution in [0.5, 0.6) is 0 Å². The highest BCUT2D eigenvalue weighted by atomic mass is 16.3. The van der Waals surface area contributed by atoms with Crippen molar-refractivity contribution in [1.82, 2.24) is 9.55 Å². The zero-order chi connectivity index (χ0) is 23.4. The van der Waals surface area contributed by atoms with Crippen molar-refractivity contribution in [3.8, 4) is 0 Å². The van der Waals surface area contributed by atoms with Gasteiger partial charge in [-0.05, 0) is 50.0 Å². The molecule has 4 heteroatoms. The molecule has 3 aromatic rings. The largest absolute Gasteiger partial charge is 0.513 e. The summed E-state index contributed by atoms with van der Waals surface area (Å²) >= 11 is 0. The van der Waals surface area contributed by atoms with Gasteiger partial charge in [-0.1, -0.05) is 62.1 Å². The number of pyridine rings is 1. The maximum Gasteiger partial charge on any atom is 0.141 e. The number of aliphatic hydroxyl groups is 2. The normalized spacial score (nSPS) is 13.3. The lowest BCUT2D eigenvalue weighted by molar-refractivity contribution is 0.258. The first-order chi connectivity index (χ1) is 15.3. The number of benzene rings is 1. The van der Waals surface area contributed by atoms with Gasteiger partial charge in [0.1, 0.15) is 5.65 Å². The first-order valence-electron chi connectivity index (χ1n) is 11.1. The van der Waals surface area contributed by atoms with E-state index in [1.807, 2.05) is 26.8 Å². The van der Waals surface area contributed by atoms with Gasteiger partial charge in [-0.15, -0.1) is 0 Å². The van der Waals surface area contributed by atoms with E-state index in [1.165, 1.54) is 21.9 Å². The Morgan fingerprint density at radius 3 is 2.56 bits per heavy atom. The van der Waals surface area contributed by atoms with E-state index in [0.717, 1.165) is 34.4 Å². The minimum Gasteiger partial charge on any atom is -0.513 e. The number of nitrogens with zero attached hydrogens (tertiary/aromatic N) is 2. The van der Waals surface area contributed by atoms with Gasteiger partial charge in [0.05, 0.1) is 11.3 Å². The topological polar surface area (TPSA) is 58.3 Å². The lowest BCUT2D eigenvalue weighted by atomic mass is 9.98. The van der Waals surface area contributed by atoms with E-state index in [9.17, 15) is 10.2 Å². The van der Waals surface area contributed by atoms with Crippen LogP contribution in [0.4, 0.5) is 0 Å². The number of hydrogen-bond donors (Lipinski definition) is 2. The number of para-hydroxylation sites is 1. The summed E-state index contributed by atoms with van der Waals surface area (Å²) < 4.78 is 2.28. The Balaban J connectivity index is 2.11. The third kappa shape index (κ3) is 4.71. The van der Waals surface area contributed by atoms with Crippen molar-refractivity contribution in [1.29, 1.82) is 0 Å². The molecule has 0 aliphatic heterocycles. The Hall–Kier alpha value is -3.11. The van der Waals surface area contributed by atoms with Crippen LogP contribution < -0.4 is 0 Å². The van der Waals surface area contributed by atoms with E-state index >= 15 is 0 Å². The minimum absolute atomic E-state index is 0.0398. The maximum atomic E-state index is 9.60. The van der Waals surface area contributed by atoms with Gasteiger partial charge in [-0.3, -0.25) is 0 Å². The van der Waals surface area contributed by atoms with Gasteiger partial charge < -0.3 is 14.8 Å². The fourth-order valence-corrected chi connectivity index (χ4v) is 4.14. The first-order valence-corrected chi connectivity index (χ1v) is 11.1. The number of rotatable bonds is 9. The molecule has 168 valence electrons. The van der Waals surface area contributed by atoms with Crippen LogP contribution in [0.25, 0.3) is 21.9 Å². The van der Waals surface area contributed by atoms with Crippen LogP contribution in [0.1, 0.15) is 37.1 Å². The number of allylic oxidation sites excluding steroid dienone is 5. The molecule has 2 aromatic heterocycles. The average Bonchev–Trinajstić information content (AvgIpc) is 3.08. The summed E-state index contributed by atoms with van der Waals surface area (Å²) in [6.45, 7) is 16.7. The summed E-state index contributed by atoms with van der Waals surface area (Å²) in [5, 5.41) is 21.3. The fraction of sp³-hybridized carbons (Fsp3) is 0.321. The van der Waals surface area contributed by atoms with E-state index in [1.54, 1.807) is 0 Å². The van der Waals surface area contributed by atoms with Crippen molar-refractivity contribution in [2.24, 2.45) is 5.92 Å². The summed E-state index contributed by atoms with van der Waals surface area (Å²) in [5.74, 6) is 0.242. The Kier molecular flexibility index (Phi) is 7.37. The maximum absolute atomic E-state index is 9.60. The molecule has 2 heterocycles. The van der Waals surface area contributed by atoms with Gasteiger partial charge in [0.15, 0.2) is 0 Å². The number of aryl methyl sites for hydroxylation is 2. The third-order valence-electron chi connectivity index (χ3n) is 6.27. The molecule has 0 saturated heterocycles. The monoisotopic (exact) mass is 430 g/mol. The fourth-order valence-electron chi connectivity index (χ4n) is 4.14. The second-order valence-electron chi connectivity index (χ2n) is 8.52. The summed E-state index contributed by atoms with van der Waals surface area (Å²) in [7, 11) is 0. The smallest absolute Gasteiger partial charge is 0.141 e. The van der Waals surface area contributed by atoms with Crippen molar-refractivity contribution >= 4 is 21.9 Å². The van der Waals surface area contributed by atoms with Crippen LogP contribution in [-0.4, -0.2) is 26.4 Å². The molecule has 4 nitrogen and oxygen atoms in total. The molecule has 0 radical (unpaired) electrons. The molecule has 0 bridgehead atoms. The van der Waals surface area contributed by atoms with E-state index in [-0.39, 0.29) is 18.3 Å². The Morgan fingerprint density at radius 2 is 1.91 bits per heavy atom. The van der Waals surface area contributed by atoms with E-state index in [0.29, 0.717) is 13.0 Å². The van der Waals surface area contributed by atoms with Gasteiger partial charge in [-0.25, -0.2) is 4.98 Å². The Labute approximate surface area is 190 Å². The highest BCUT2D eigenvalue weighted by molar-refractivity contribution is 6.08. The van der Waals surface area contributed by atoms with Crippen LogP contribution in [0.2, 0.25) is 0 Å². The molecule has 1 unspecified atom stereocenters. The van der Waals surface area contributed by atoms with Crippen LogP contribution in [0, 0.1) is 19.8 Å². The zero-order valence-electron chi connectivity index (χ0n) is 19.7. The molecule has 0 fully saturated rings. The predicted octanol–water partition coefficient (Wildman–Crippen LogP) is 6.50. The van der Waals surface area contributed by atoms with E-state index < -0.39 is 0 Å². The number of hydrogen-bond acceptors (Lipinski definition) is 3. The molecule has 1 atom stereocenters. The predicted molar refractivity (Wildman–Crippen MR) is 135 cm³/mol. The van der Waals surface area contributed by atoms with E-state index in [2.05, 4.69) is 61.1 Å². The molecule has 1 aromatic carbocycles. The highest BCUT2D eigenvalue weighted by Gasteiger charge is 2.18. The lowest BCUT2D eigenvalue weighted by Crippen LogP contribution is -2.05. The van der Waals surface area contributed by atoms with Crippen LogP contribution >= 0.6 is 0 Å². The highest BCUT2D eigenvalue weighted by Crippen LogP contribution is 2.34. The summed E-state index contributed by atoms with van der Waals surface area (Å²) in [6.07, 6.45) is 7.44. The van der Waals surface area contributed by atoms with Crippen molar-refractivity contribution in [2.45, 2.75) is 47.1 Å². The van der Waals surface area contributed by atoms with Gasteiger partial charge in [0, 0.05) is 42.0 Å². The van der Waals surface area contributed by atoms with Crippen molar-refractivity contribution in [2.75, 3.05) is 6.61 Å². The van der Waals surface area contributed by atoms with Crippen LogP contribution in [-0.2, 0) is 13.0 Å². The molecule has 2 N–H and O–H groups in total. The quantitative estimate of drug-likeness (QED) is 0.301. The zero-order valence-corrected chi connectivity index (χ0v) is 19.7.